The molecular weight excluding hydrogens is 875 g/mol. The molecule has 0 spiro atoms. The van der Waals surface area contributed by atoms with E-state index in [1.165, 1.54) is 30.2 Å². The van der Waals surface area contributed by atoms with Crippen molar-refractivity contribution < 1.29 is 28.7 Å². The minimum absolute atomic E-state index is 0.0635. The smallest absolute Gasteiger partial charge is 0.325 e. The molecule has 2 amide bonds. The van der Waals surface area contributed by atoms with Crippen LogP contribution in [0.3, 0.4) is 0 Å². The second kappa shape index (κ2) is 20.1. The Morgan fingerprint density at radius 2 is 1.38 bits per heavy atom. The van der Waals surface area contributed by atoms with Crippen molar-refractivity contribution >= 4 is 63.5 Å². The van der Waals surface area contributed by atoms with E-state index in [-0.39, 0.29) is 29.8 Å². The molecule has 332 valence electrons. The predicted octanol–water partition coefficient (Wildman–Crippen LogP) is 8.53. The minimum Gasteiger partial charge on any atom is -0.451 e. The van der Waals surface area contributed by atoms with E-state index in [1.54, 1.807) is 22.0 Å². The summed E-state index contributed by atoms with van der Waals surface area (Å²) in [5.74, 6) is 0.266. The zero-order valence-corrected chi connectivity index (χ0v) is 38.2. The number of carbonyl (C=O) groups excluding carboxylic acids is 3. The van der Waals surface area contributed by atoms with Crippen LogP contribution in [0.5, 0.6) is 0 Å². The lowest BCUT2D eigenvalue weighted by Crippen LogP contribution is -2.75. The third-order valence-corrected chi connectivity index (χ3v) is 16.2. The molecule has 1 aromatic heterocycles. The van der Waals surface area contributed by atoms with Crippen molar-refractivity contribution in [3.63, 3.8) is 0 Å². The van der Waals surface area contributed by atoms with E-state index in [1.807, 2.05) is 115 Å². The van der Waals surface area contributed by atoms with Crippen LogP contribution < -0.4 is 10.6 Å². The number of amides is 2. The van der Waals surface area contributed by atoms with Crippen LogP contribution in [-0.4, -0.2) is 87.9 Å². The van der Waals surface area contributed by atoms with E-state index in [0.29, 0.717) is 30.0 Å². The minimum atomic E-state index is -1.03. The lowest BCUT2D eigenvalue weighted by Gasteiger charge is -2.54. The summed E-state index contributed by atoms with van der Waals surface area (Å²) in [6.45, 7) is 1.54. The number of hydrogen-bond acceptors (Lipinski definition) is 12. The van der Waals surface area contributed by atoms with Gasteiger partial charge in [0.1, 0.15) is 34.5 Å². The molecular formula is C51H49N5O6S3. The second-order valence-electron chi connectivity index (χ2n) is 16.2. The number of aromatic nitrogens is 1. The number of ether oxygens (including phenoxy) is 2. The first-order valence-corrected chi connectivity index (χ1v) is 24.6. The summed E-state index contributed by atoms with van der Waals surface area (Å²) >= 11 is 4.40. The van der Waals surface area contributed by atoms with Crippen LogP contribution in [0.1, 0.15) is 52.5 Å². The number of thiazole rings is 1. The molecule has 3 aliphatic heterocycles. The van der Waals surface area contributed by atoms with Crippen LogP contribution in [0.4, 0.5) is 5.13 Å². The Kier molecular flexibility index (Phi) is 13.7. The molecule has 0 bridgehead atoms. The Morgan fingerprint density at radius 3 is 1.92 bits per heavy atom. The lowest BCUT2D eigenvalue weighted by atomic mass is 9.77. The molecule has 4 heterocycles. The van der Waals surface area contributed by atoms with E-state index in [2.05, 4.69) is 52.2 Å². The summed E-state index contributed by atoms with van der Waals surface area (Å²) in [5.41, 5.74) is 4.12. The Labute approximate surface area is 391 Å². The van der Waals surface area contributed by atoms with E-state index in [4.69, 9.17) is 19.3 Å². The van der Waals surface area contributed by atoms with Gasteiger partial charge in [0, 0.05) is 30.9 Å². The number of rotatable bonds is 16. The molecule has 9 rings (SSSR count). The van der Waals surface area contributed by atoms with Crippen molar-refractivity contribution in [2.75, 3.05) is 43.7 Å². The molecule has 5 aromatic carbocycles. The summed E-state index contributed by atoms with van der Waals surface area (Å²) in [4.78, 5) is 54.8. The van der Waals surface area contributed by atoms with Crippen molar-refractivity contribution in [2.24, 2.45) is 11.1 Å². The maximum Gasteiger partial charge on any atom is 0.325 e. The standard InChI is InChI=1S/C51H49N5O6S3/c1-60-55-42(41-32-63-49(52-41)54-51(38-21-11-4-12-22-38,39-23-13-5-14-24-39)40-25-15-6-16-26-40)45(57)53-43-46(58)56-33-50(34-64-47(43)56,65-31-35-27-29-61-30-28-35)48(59)62-44(36-17-7-2-8-18-36)37-19-9-3-10-20-37/h2-26,32,35,43-44,47H,27-31,33-34H2,1H3,(H,52,54)(H,53,57)/t43?,47-,50?/m1/s1. The average molecular weight is 924 g/mol. The van der Waals surface area contributed by atoms with Crippen molar-refractivity contribution in [3.8, 4) is 0 Å². The lowest BCUT2D eigenvalue weighted by molar-refractivity contribution is -0.155. The van der Waals surface area contributed by atoms with E-state index < -0.39 is 33.7 Å². The van der Waals surface area contributed by atoms with Gasteiger partial charge < -0.3 is 29.8 Å². The van der Waals surface area contributed by atoms with Crippen molar-refractivity contribution in [2.45, 2.75) is 40.6 Å². The van der Waals surface area contributed by atoms with Crippen molar-refractivity contribution in [1.29, 1.82) is 0 Å². The molecule has 11 nitrogen and oxygen atoms in total. The molecule has 3 atom stereocenters. The molecule has 0 saturated carbocycles. The topological polar surface area (TPSA) is 131 Å². The van der Waals surface area contributed by atoms with Crippen LogP contribution >= 0.6 is 34.9 Å². The molecule has 2 N–H and O–H groups in total. The fraction of sp³-hybridized carbons (Fsp3) is 0.275. The first-order chi connectivity index (χ1) is 31.9. The van der Waals surface area contributed by atoms with Gasteiger partial charge in [-0.15, -0.1) is 34.9 Å². The van der Waals surface area contributed by atoms with Gasteiger partial charge in [0.05, 0.1) is 0 Å². The SMILES string of the molecule is CON=C(C(=O)NC1C(=O)N2CC(SCC3CCOCC3)(C(=O)OC(c3ccccc3)c3ccccc3)CS[C@H]12)c1csc(NC(c2ccccc2)(c2ccccc2)c2ccccc2)n1. The van der Waals surface area contributed by atoms with Crippen molar-refractivity contribution in [3.05, 3.63) is 191 Å². The number of nitrogens with zero attached hydrogens (tertiary/aromatic N) is 3. The Hall–Kier alpha value is -5.93. The van der Waals surface area contributed by atoms with E-state index in [9.17, 15) is 14.4 Å². The van der Waals surface area contributed by atoms with Gasteiger partial charge >= 0.3 is 5.97 Å². The number of thioether (sulfide) groups is 2. The van der Waals surface area contributed by atoms with E-state index >= 15 is 0 Å². The highest BCUT2D eigenvalue weighted by molar-refractivity contribution is 8.05. The number of β-lactam (4-membered cyclic amide) rings is 1. The molecule has 0 aliphatic carbocycles. The first-order valence-electron chi connectivity index (χ1n) is 21.7. The third-order valence-electron chi connectivity index (χ3n) is 12.1. The number of nitrogens with one attached hydrogen (secondary N) is 2. The summed E-state index contributed by atoms with van der Waals surface area (Å²) in [7, 11) is 1.37. The molecule has 14 heteroatoms. The Bertz CT molecular complexity index is 2450. The number of hydrogen-bond donors (Lipinski definition) is 2. The second-order valence-corrected chi connectivity index (χ2v) is 19.6. The van der Waals surface area contributed by atoms with E-state index in [0.717, 1.165) is 46.4 Å². The number of carbonyl (C=O) groups is 3. The van der Waals surface area contributed by atoms with Gasteiger partial charge in [0.15, 0.2) is 16.9 Å². The molecule has 2 unspecified atom stereocenters. The molecule has 65 heavy (non-hydrogen) atoms. The molecule has 3 saturated heterocycles. The fourth-order valence-electron chi connectivity index (χ4n) is 8.70. The van der Waals surface area contributed by atoms with Gasteiger partial charge in [0.25, 0.3) is 5.91 Å². The maximum atomic E-state index is 14.7. The fourth-order valence-corrected chi connectivity index (χ4v) is 12.7. The van der Waals surface area contributed by atoms with Crippen molar-refractivity contribution in [1.82, 2.24) is 15.2 Å². The largest absolute Gasteiger partial charge is 0.451 e. The summed E-state index contributed by atoms with van der Waals surface area (Å²) < 4.78 is 11.1. The maximum absolute atomic E-state index is 14.7. The van der Waals surface area contributed by atoms with Gasteiger partial charge in [-0.3, -0.25) is 14.4 Å². The van der Waals surface area contributed by atoms with Gasteiger partial charge in [-0.2, -0.15) is 0 Å². The summed E-state index contributed by atoms with van der Waals surface area (Å²) in [6.07, 6.45) is 1.20. The van der Waals surface area contributed by atoms with Crippen LogP contribution in [0.25, 0.3) is 0 Å². The van der Waals surface area contributed by atoms with Gasteiger partial charge in [-0.25, -0.2) is 4.98 Å². The zero-order chi connectivity index (χ0) is 44.6. The summed E-state index contributed by atoms with van der Waals surface area (Å²) in [5, 5.41) is 12.7. The van der Waals surface area contributed by atoms with Crippen LogP contribution in [-0.2, 0) is 34.2 Å². The first kappa shape index (κ1) is 44.3. The number of esters is 1. The number of anilines is 1. The average Bonchev–Trinajstić information content (AvgIpc) is 3.84. The molecule has 0 radical (unpaired) electrons. The number of benzene rings is 5. The molecule has 3 aliphatic rings. The number of fused-ring (bicyclic) bond motifs is 1. The van der Waals surface area contributed by atoms with Gasteiger partial charge in [-0.1, -0.05) is 157 Å². The van der Waals surface area contributed by atoms with Gasteiger partial charge in [0.2, 0.25) is 5.91 Å². The summed E-state index contributed by atoms with van der Waals surface area (Å²) in [6, 6.07) is 49.1. The van der Waals surface area contributed by atoms with Crippen LogP contribution in [0, 0.1) is 5.92 Å². The van der Waals surface area contributed by atoms with Crippen LogP contribution in [0.15, 0.2) is 162 Å². The monoisotopic (exact) mass is 923 g/mol. The van der Waals surface area contributed by atoms with Crippen LogP contribution in [0.2, 0.25) is 0 Å². The highest BCUT2D eigenvalue weighted by Gasteiger charge is 2.59. The Balaban J connectivity index is 0.937. The normalized spacial score (nSPS) is 20.1. The highest BCUT2D eigenvalue weighted by Crippen LogP contribution is 2.47. The quantitative estimate of drug-likeness (QED) is 0.0320. The molecule has 6 aromatic rings. The third kappa shape index (κ3) is 9.31. The predicted molar refractivity (Wildman–Crippen MR) is 258 cm³/mol. The highest BCUT2D eigenvalue weighted by atomic mass is 32.2. The van der Waals surface area contributed by atoms with Gasteiger partial charge in [-0.05, 0) is 52.3 Å². The molecule has 3 fully saturated rings. The number of oxime groups is 1. The Morgan fingerprint density at radius 1 is 0.846 bits per heavy atom. The zero-order valence-electron chi connectivity index (χ0n) is 35.8.